The maximum atomic E-state index is 12.7. The van der Waals surface area contributed by atoms with E-state index in [-0.39, 0.29) is 23.5 Å². The van der Waals surface area contributed by atoms with Gasteiger partial charge in [0.05, 0.1) is 12.6 Å². The average Bonchev–Trinajstić information content (AvgIpc) is 3.28. The van der Waals surface area contributed by atoms with E-state index in [9.17, 15) is 4.79 Å². The predicted octanol–water partition coefficient (Wildman–Crippen LogP) is 3.21. The van der Waals surface area contributed by atoms with Crippen LogP contribution in [-0.4, -0.2) is 49.2 Å². The first-order chi connectivity index (χ1) is 11.9. The zero-order chi connectivity index (χ0) is 18.3. The standard InChI is InChI=1S/C21H36N2O2/c1-5-6-12-25-19-13-17(2)23(15-19)20(24)14-21(3,4)16-22-11-7-8-18-9-10-18/h17-19,22H,5-6,9-16H2,1-4H3/t17-,19?/m1/s1. The van der Waals surface area contributed by atoms with Crippen molar-refractivity contribution in [3.05, 3.63) is 0 Å². The molecule has 0 bridgehead atoms. The lowest BCUT2D eigenvalue weighted by Gasteiger charge is -2.29. The van der Waals surface area contributed by atoms with E-state index in [1.54, 1.807) is 0 Å². The van der Waals surface area contributed by atoms with Crippen LogP contribution in [0.15, 0.2) is 0 Å². The summed E-state index contributed by atoms with van der Waals surface area (Å²) in [6.45, 7) is 11.7. The van der Waals surface area contributed by atoms with E-state index in [0.29, 0.717) is 12.3 Å². The van der Waals surface area contributed by atoms with Crippen LogP contribution in [0.3, 0.4) is 0 Å². The Morgan fingerprint density at radius 3 is 2.80 bits per heavy atom. The van der Waals surface area contributed by atoms with Gasteiger partial charge in [-0.1, -0.05) is 39.0 Å². The van der Waals surface area contributed by atoms with Gasteiger partial charge in [-0.3, -0.25) is 4.79 Å². The number of unbranched alkanes of at least 4 members (excludes halogenated alkanes) is 1. The van der Waals surface area contributed by atoms with E-state index in [2.05, 4.69) is 44.9 Å². The second-order valence-electron chi connectivity index (χ2n) is 8.52. The molecule has 142 valence electrons. The fourth-order valence-electron chi connectivity index (χ4n) is 3.30. The monoisotopic (exact) mass is 348 g/mol. The van der Waals surface area contributed by atoms with Crippen molar-refractivity contribution in [1.29, 1.82) is 0 Å². The number of hydrogen-bond donors (Lipinski definition) is 1. The summed E-state index contributed by atoms with van der Waals surface area (Å²) in [6, 6.07) is 0.285. The molecular formula is C21H36N2O2. The molecule has 0 radical (unpaired) electrons. The Morgan fingerprint density at radius 2 is 2.12 bits per heavy atom. The number of nitrogens with one attached hydrogen (secondary N) is 1. The van der Waals surface area contributed by atoms with Crippen LogP contribution in [0.5, 0.6) is 0 Å². The minimum Gasteiger partial charge on any atom is -0.376 e. The lowest BCUT2D eigenvalue weighted by atomic mass is 9.88. The van der Waals surface area contributed by atoms with Crippen molar-refractivity contribution in [2.75, 3.05) is 26.2 Å². The molecule has 1 saturated carbocycles. The molecule has 4 nitrogen and oxygen atoms in total. The summed E-state index contributed by atoms with van der Waals surface area (Å²) in [5.74, 6) is 7.36. The zero-order valence-corrected chi connectivity index (χ0v) is 16.6. The summed E-state index contributed by atoms with van der Waals surface area (Å²) in [5, 5.41) is 3.39. The molecule has 0 spiro atoms. The molecule has 0 aromatic carbocycles. The van der Waals surface area contributed by atoms with E-state index in [1.807, 2.05) is 4.90 Å². The highest BCUT2D eigenvalue weighted by atomic mass is 16.5. The molecule has 1 unspecified atom stereocenters. The van der Waals surface area contributed by atoms with E-state index in [4.69, 9.17) is 4.74 Å². The Morgan fingerprint density at radius 1 is 1.36 bits per heavy atom. The number of likely N-dealkylation sites (tertiary alicyclic amines) is 1. The Bertz CT molecular complexity index is 488. The largest absolute Gasteiger partial charge is 0.376 e. The number of carbonyl (C=O) groups excluding carboxylic acids is 1. The summed E-state index contributed by atoms with van der Waals surface area (Å²) in [5.41, 5.74) is -0.0563. The fraction of sp³-hybridized carbons (Fsp3) is 0.857. The SMILES string of the molecule is CCCCOC1C[C@@H](C)N(C(=O)CC(C)(C)CNCC#CC2CC2)C1. The van der Waals surface area contributed by atoms with Gasteiger partial charge in [-0.05, 0) is 38.0 Å². The third-order valence-corrected chi connectivity index (χ3v) is 5.04. The molecule has 0 aromatic rings. The highest BCUT2D eigenvalue weighted by Crippen LogP contribution is 2.27. The molecule has 1 aliphatic carbocycles. The van der Waals surface area contributed by atoms with Crippen molar-refractivity contribution >= 4 is 5.91 Å². The quantitative estimate of drug-likeness (QED) is 0.514. The van der Waals surface area contributed by atoms with Crippen LogP contribution >= 0.6 is 0 Å². The molecule has 25 heavy (non-hydrogen) atoms. The van der Waals surface area contributed by atoms with E-state index >= 15 is 0 Å². The van der Waals surface area contributed by atoms with Gasteiger partial charge in [0.25, 0.3) is 0 Å². The van der Waals surface area contributed by atoms with Crippen LogP contribution in [0.25, 0.3) is 0 Å². The molecule has 2 fully saturated rings. The van der Waals surface area contributed by atoms with Crippen LogP contribution < -0.4 is 5.32 Å². The van der Waals surface area contributed by atoms with Crippen molar-refractivity contribution in [3.8, 4) is 11.8 Å². The fourth-order valence-corrected chi connectivity index (χ4v) is 3.30. The molecule has 1 N–H and O–H groups in total. The number of carbonyl (C=O) groups is 1. The molecule has 1 saturated heterocycles. The molecular weight excluding hydrogens is 312 g/mol. The molecule has 2 aliphatic rings. The van der Waals surface area contributed by atoms with Gasteiger partial charge in [-0.25, -0.2) is 0 Å². The number of rotatable bonds is 9. The van der Waals surface area contributed by atoms with Gasteiger partial charge in [0.1, 0.15) is 0 Å². The van der Waals surface area contributed by atoms with Gasteiger partial charge < -0.3 is 15.0 Å². The zero-order valence-electron chi connectivity index (χ0n) is 16.6. The third-order valence-electron chi connectivity index (χ3n) is 5.04. The maximum absolute atomic E-state index is 12.7. The average molecular weight is 349 g/mol. The Balaban J connectivity index is 1.70. The maximum Gasteiger partial charge on any atom is 0.223 e. The van der Waals surface area contributed by atoms with Gasteiger partial charge >= 0.3 is 0 Å². The van der Waals surface area contributed by atoms with Gasteiger partial charge in [0, 0.05) is 38.1 Å². The summed E-state index contributed by atoms with van der Waals surface area (Å²) in [4.78, 5) is 14.8. The van der Waals surface area contributed by atoms with Crippen molar-refractivity contribution in [1.82, 2.24) is 10.2 Å². The van der Waals surface area contributed by atoms with Crippen molar-refractivity contribution in [2.24, 2.45) is 11.3 Å². The van der Waals surface area contributed by atoms with Crippen LogP contribution in [-0.2, 0) is 9.53 Å². The lowest BCUT2D eigenvalue weighted by molar-refractivity contribution is -0.134. The van der Waals surface area contributed by atoms with Crippen molar-refractivity contribution in [3.63, 3.8) is 0 Å². The van der Waals surface area contributed by atoms with Gasteiger partial charge in [0.2, 0.25) is 5.91 Å². The molecule has 1 heterocycles. The summed E-state index contributed by atoms with van der Waals surface area (Å²) in [6.07, 6.45) is 6.53. The molecule has 1 amide bonds. The first-order valence-electron chi connectivity index (χ1n) is 10.0. The first kappa shape index (κ1) is 20.3. The van der Waals surface area contributed by atoms with E-state index in [1.165, 1.54) is 12.8 Å². The molecule has 0 aromatic heterocycles. The predicted molar refractivity (Wildman–Crippen MR) is 102 cm³/mol. The number of hydrogen-bond acceptors (Lipinski definition) is 3. The molecule has 1 aliphatic heterocycles. The second kappa shape index (κ2) is 9.59. The number of amides is 1. The van der Waals surface area contributed by atoms with Crippen LogP contribution in [0, 0.1) is 23.2 Å². The summed E-state index contributed by atoms with van der Waals surface area (Å²) >= 11 is 0. The number of ether oxygens (including phenoxy) is 1. The smallest absolute Gasteiger partial charge is 0.223 e. The van der Waals surface area contributed by atoms with Gasteiger partial charge in [-0.2, -0.15) is 0 Å². The second-order valence-corrected chi connectivity index (χ2v) is 8.52. The van der Waals surface area contributed by atoms with E-state index < -0.39 is 0 Å². The topological polar surface area (TPSA) is 41.6 Å². The van der Waals surface area contributed by atoms with Crippen LogP contribution in [0.1, 0.15) is 66.2 Å². The van der Waals surface area contributed by atoms with Crippen molar-refractivity contribution in [2.45, 2.75) is 78.4 Å². The Kier molecular flexibility index (Phi) is 7.78. The Labute approximate surface area is 154 Å². The van der Waals surface area contributed by atoms with Crippen LogP contribution in [0.2, 0.25) is 0 Å². The van der Waals surface area contributed by atoms with Crippen molar-refractivity contribution < 1.29 is 9.53 Å². The summed E-state index contributed by atoms with van der Waals surface area (Å²) in [7, 11) is 0. The number of nitrogens with zero attached hydrogens (tertiary/aromatic N) is 1. The Hall–Kier alpha value is -1.05. The highest BCUT2D eigenvalue weighted by Gasteiger charge is 2.35. The highest BCUT2D eigenvalue weighted by molar-refractivity contribution is 5.77. The molecule has 2 atom stereocenters. The van der Waals surface area contributed by atoms with Gasteiger partial charge in [-0.15, -0.1) is 0 Å². The third kappa shape index (κ3) is 7.38. The van der Waals surface area contributed by atoms with E-state index in [0.717, 1.165) is 45.5 Å². The minimum atomic E-state index is -0.0563. The van der Waals surface area contributed by atoms with Crippen LogP contribution in [0.4, 0.5) is 0 Å². The molecule has 2 rings (SSSR count). The van der Waals surface area contributed by atoms with Gasteiger partial charge in [0.15, 0.2) is 0 Å². The minimum absolute atomic E-state index is 0.0563. The summed E-state index contributed by atoms with van der Waals surface area (Å²) < 4.78 is 5.92. The molecule has 4 heteroatoms. The lowest BCUT2D eigenvalue weighted by Crippen LogP contribution is -2.40. The first-order valence-corrected chi connectivity index (χ1v) is 10.0. The normalized spacial score (nSPS) is 23.4.